The lowest BCUT2D eigenvalue weighted by Crippen LogP contribution is -2.25. The standard InChI is InChI=1S/C16H24N4O/c1-5-20(11-13-7-6-8-21-13)15-10-18-16(12(2)3)19-14(15)9-17-4/h6-8,10,12,17H,5,9,11H2,1-4H3. The second-order valence-corrected chi connectivity index (χ2v) is 5.34. The monoisotopic (exact) mass is 288 g/mol. The van der Waals surface area contributed by atoms with Crippen LogP contribution in [0.2, 0.25) is 0 Å². The van der Waals surface area contributed by atoms with Crippen LogP contribution >= 0.6 is 0 Å². The third kappa shape index (κ3) is 3.82. The van der Waals surface area contributed by atoms with E-state index in [0.717, 1.165) is 42.6 Å². The van der Waals surface area contributed by atoms with E-state index in [-0.39, 0.29) is 0 Å². The van der Waals surface area contributed by atoms with Gasteiger partial charge in [-0.2, -0.15) is 0 Å². The number of anilines is 1. The summed E-state index contributed by atoms with van der Waals surface area (Å²) in [4.78, 5) is 11.5. The Labute approximate surface area is 126 Å². The molecule has 0 fully saturated rings. The van der Waals surface area contributed by atoms with Gasteiger partial charge in [0.15, 0.2) is 0 Å². The minimum absolute atomic E-state index is 0.329. The molecule has 5 nitrogen and oxygen atoms in total. The highest BCUT2D eigenvalue weighted by Gasteiger charge is 2.15. The minimum atomic E-state index is 0.329. The molecule has 0 aliphatic heterocycles. The molecule has 1 N–H and O–H groups in total. The van der Waals surface area contributed by atoms with Gasteiger partial charge >= 0.3 is 0 Å². The van der Waals surface area contributed by atoms with E-state index in [9.17, 15) is 0 Å². The minimum Gasteiger partial charge on any atom is -0.467 e. The molecule has 2 aromatic rings. The number of hydrogen-bond acceptors (Lipinski definition) is 5. The zero-order valence-corrected chi connectivity index (χ0v) is 13.3. The quantitative estimate of drug-likeness (QED) is 0.849. The van der Waals surface area contributed by atoms with Crippen molar-refractivity contribution in [1.82, 2.24) is 15.3 Å². The molecular weight excluding hydrogens is 264 g/mol. The van der Waals surface area contributed by atoms with E-state index in [4.69, 9.17) is 9.40 Å². The van der Waals surface area contributed by atoms with Gasteiger partial charge in [-0.3, -0.25) is 0 Å². The third-order valence-corrected chi connectivity index (χ3v) is 3.37. The summed E-state index contributed by atoms with van der Waals surface area (Å²) in [5.74, 6) is 2.16. The first-order chi connectivity index (χ1) is 10.2. The second kappa shape index (κ2) is 7.22. The Balaban J connectivity index is 2.30. The Morgan fingerprint density at radius 2 is 2.19 bits per heavy atom. The van der Waals surface area contributed by atoms with Crippen molar-refractivity contribution in [3.05, 3.63) is 41.9 Å². The highest BCUT2D eigenvalue weighted by Crippen LogP contribution is 2.22. The first-order valence-corrected chi connectivity index (χ1v) is 7.43. The maximum absolute atomic E-state index is 5.45. The highest BCUT2D eigenvalue weighted by atomic mass is 16.3. The molecule has 0 aromatic carbocycles. The van der Waals surface area contributed by atoms with Crippen molar-refractivity contribution in [1.29, 1.82) is 0 Å². The van der Waals surface area contributed by atoms with Gasteiger partial charge < -0.3 is 14.6 Å². The van der Waals surface area contributed by atoms with E-state index in [0.29, 0.717) is 5.92 Å². The fourth-order valence-electron chi connectivity index (χ4n) is 2.22. The molecule has 2 rings (SSSR count). The molecule has 0 saturated heterocycles. The summed E-state index contributed by atoms with van der Waals surface area (Å²) in [6.45, 7) is 8.68. The van der Waals surface area contributed by atoms with Crippen molar-refractivity contribution < 1.29 is 4.42 Å². The van der Waals surface area contributed by atoms with Crippen molar-refractivity contribution in [3.63, 3.8) is 0 Å². The van der Waals surface area contributed by atoms with Crippen LogP contribution in [-0.2, 0) is 13.1 Å². The maximum atomic E-state index is 5.45. The van der Waals surface area contributed by atoms with Crippen molar-refractivity contribution in [2.75, 3.05) is 18.5 Å². The lowest BCUT2D eigenvalue weighted by Gasteiger charge is -2.24. The molecule has 0 aliphatic rings. The molecule has 0 amide bonds. The molecule has 2 heterocycles. The van der Waals surface area contributed by atoms with E-state index in [1.54, 1.807) is 6.26 Å². The van der Waals surface area contributed by atoms with Crippen molar-refractivity contribution >= 4 is 5.69 Å². The van der Waals surface area contributed by atoms with Crippen LogP contribution in [0.4, 0.5) is 5.69 Å². The first-order valence-electron chi connectivity index (χ1n) is 7.43. The predicted octanol–water partition coefficient (Wildman–Crippen LogP) is 2.94. The largest absolute Gasteiger partial charge is 0.467 e. The lowest BCUT2D eigenvalue weighted by atomic mass is 10.2. The number of hydrogen-bond donors (Lipinski definition) is 1. The molecular formula is C16H24N4O. The van der Waals surface area contributed by atoms with E-state index in [1.165, 1.54) is 0 Å². The van der Waals surface area contributed by atoms with Crippen LogP contribution < -0.4 is 10.2 Å². The molecule has 0 unspecified atom stereocenters. The zero-order valence-electron chi connectivity index (χ0n) is 13.3. The number of furan rings is 1. The molecule has 0 aliphatic carbocycles. The first kappa shape index (κ1) is 15.5. The summed E-state index contributed by atoms with van der Waals surface area (Å²) < 4.78 is 5.45. The smallest absolute Gasteiger partial charge is 0.131 e. The Hall–Kier alpha value is -1.88. The number of nitrogens with one attached hydrogen (secondary N) is 1. The third-order valence-electron chi connectivity index (χ3n) is 3.37. The van der Waals surface area contributed by atoms with Crippen molar-refractivity contribution in [2.24, 2.45) is 0 Å². The Kier molecular flexibility index (Phi) is 5.33. The van der Waals surface area contributed by atoms with Gasteiger partial charge in [0.1, 0.15) is 11.6 Å². The van der Waals surface area contributed by atoms with E-state index in [1.807, 2.05) is 25.4 Å². The fraction of sp³-hybridized carbons (Fsp3) is 0.500. The summed E-state index contributed by atoms with van der Waals surface area (Å²) in [6, 6.07) is 3.90. The predicted molar refractivity (Wildman–Crippen MR) is 84.3 cm³/mol. The van der Waals surface area contributed by atoms with Gasteiger partial charge in [0.25, 0.3) is 0 Å². The number of rotatable bonds is 7. The Morgan fingerprint density at radius 3 is 2.76 bits per heavy atom. The van der Waals surface area contributed by atoms with Gasteiger partial charge in [-0.25, -0.2) is 9.97 Å². The van der Waals surface area contributed by atoms with Crippen LogP contribution in [-0.4, -0.2) is 23.6 Å². The fourth-order valence-corrected chi connectivity index (χ4v) is 2.22. The summed E-state index contributed by atoms with van der Waals surface area (Å²) in [6.07, 6.45) is 3.64. The number of nitrogens with zero attached hydrogens (tertiary/aromatic N) is 3. The van der Waals surface area contributed by atoms with Gasteiger partial charge in [0, 0.05) is 19.0 Å². The Morgan fingerprint density at radius 1 is 1.38 bits per heavy atom. The average Bonchev–Trinajstić information content (AvgIpc) is 2.98. The van der Waals surface area contributed by atoms with Crippen LogP contribution in [0, 0.1) is 0 Å². The molecule has 0 atom stereocenters. The van der Waals surface area contributed by atoms with Gasteiger partial charge in [0.2, 0.25) is 0 Å². The maximum Gasteiger partial charge on any atom is 0.131 e. The molecule has 0 bridgehead atoms. The van der Waals surface area contributed by atoms with Crippen LogP contribution in [0.3, 0.4) is 0 Å². The SMILES string of the molecule is CCN(Cc1ccco1)c1cnc(C(C)C)nc1CNC. The topological polar surface area (TPSA) is 54.2 Å². The summed E-state index contributed by atoms with van der Waals surface area (Å²) >= 11 is 0. The molecule has 21 heavy (non-hydrogen) atoms. The van der Waals surface area contributed by atoms with Gasteiger partial charge in [0.05, 0.1) is 30.4 Å². The second-order valence-electron chi connectivity index (χ2n) is 5.34. The van der Waals surface area contributed by atoms with Gasteiger partial charge in [-0.1, -0.05) is 13.8 Å². The van der Waals surface area contributed by atoms with Crippen LogP contribution in [0.1, 0.15) is 44.0 Å². The van der Waals surface area contributed by atoms with Crippen LogP contribution in [0.15, 0.2) is 29.0 Å². The van der Waals surface area contributed by atoms with E-state index >= 15 is 0 Å². The van der Waals surface area contributed by atoms with Crippen molar-refractivity contribution in [2.45, 2.75) is 39.8 Å². The zero-order chi connectivity index (χ0) is 15.2. The lowest BCUT2D eigenvalue weighted by molar-refractivity contribution is 0.503. The van der Waals surface area contributed by atoms with Gasteiger partial charge in [-0.05, 0) is 26.1 Å². The molecule has 5 heteroatoms. The molecule has 0 radical (unpaired) electrons. The molecule has 0 spiro atoms. The van der Waals surface area contributed by atoms with Crippen LogP contribution in [0.5, 0.6) is 0 Å². The average molecular weight is 288 g/mol. The number of aromatic nitrogens is 2. The van der Waals surface area contributed by atoms with Gasteiger partial charge in [-0.15, -0.1) is 0 Å². The highest BCUT2D eigenvalue weighted by molar-refractivity contribution is 5.49. The summed E-state index contributed by atoms with van der Waals surface area (Å²) in [7, 11) is 1.93. The summed E-state index contributed by atoms with van der Waals surface area (Å²) in [5, 5.41) is 3.19. The summed E-state index contributed by atoms with van der Waals surface area (Å²) in [5.41, 5.74) is 2.09. The molecule has 2 aromatic heterocycles. The van der Waals surface area contributed by atoms with E-state index in [2.05, 4.69) is 36.0 Å². The Bertz CT molecular complexity index is 551. The molecule has 114 valence electrons. The van der Waals surface area contributed by atoms with Crippen molar-refractivity contribution in [3.8, 4) is 0 Å². The molecule has 0 saturated carbocycles. The van der Waals surface area contributed by atoms with E-state index < -0.39 is 0 Å². The van der Waals surface area contributed by atoms with Crippen LogP contribution in [0.25, 0.3) is 0 Å². The normalized spacial score (nSPS) is 11.1.